The van der Waals surface area contributed by atoms with Gasteiger partial charge in [0.25, 0.3) is 0 Å². The summed E-state index contributed by atoms with van der Waals surface area (Å²) in [7, 11) is 0. The molecule has 1 heterocycles. The molecule has 1 aliphatic heterocycles. The number of rotatable bonds is 6. The van der Waals surface area contributed by atoms with E-state index in [0.29, 0.717) is 37.5 Å². The van der Waals surface area contributed by atoms with Gasteiger partial charge in [-0.25, -0.2) is 4.39 Å². The molecule has 0 N–H and O–H groups in total. The minimum atomic E-state index is -4.90. The highest BCUT2D eigenvalue weighted by Gasteiger charge is 2.32. The van der Waals surface area contributed by atoms with Crippen molar-refractivity contribution in [3.8, 4) is 5.75 Å². The molecule has 0 radical (unpaired) electrons. The molecule has 1 aromatic rings. The number of aryl methyl sites for hydroxylation is 1. The Kier molecular flexibility index (Phi) is 6.24. The second-order valence-corrected chi connectivity index (χ2v) is 5.60. The molecule has 1 fully saturated rings. The van der Waals surface area contributed by atoms with Crippen molar-refractivity contribution in [3.63, 3.8) is 0 Å². The number of halogens is 4. The van der Waals surface area contributed by atoms with Crippen LogP contribution in [0, 0.1) is 11.7 Å². The molecular formula is C16H20F4O3. The van der Waals surface area contributed by atoms with Gasteiger partial charge in [0.2, 0.25) is 0 Å². The largest absolute Gasteiger partial charge is 0.573 e. The van der Waals surface area contributed by atoms with Crippen molar-refractivity contribution in [3.05, 3.63) is 29.6 Å². The average molecular weight is 336 g/mol. The normalized spacial score (nSPS) is 22.1. The van der Waals surface area contributed by atoms with Crippen molar-refractivity contribution >= 4 is 0 Å². The van der Waals surface area contributed by atoms with E-state index < -0.39 is 17.9 Å². The van der Waals surface area contributed by atoms with E-state index in [1.54, 1.807) is 0 Å². The van der Waals surface area contributed by atoms with Gasteiger partial charge in [-0.15, -0.1) is 13.2 Å². The van der Waals surface area contributed by atoms with E-state index in [1.165, 1.54) is 6.07 Å². The first-order valence-corrected chi connectivity index (χ1v) is 7.64. The Morgan fingerprint density at radius 3 is 2.43 bits per heavy atom. The Balaban J connectivity index is 1.81. The summed E-state index contributed by atoms with van der Waals surface area (Å²) in [6, 6.07) is 3.44. The first-order valence-electron chi connectivity index (χ1n) is 7.64. The van der Waals surface area contributed by atoms with Crippen molar-refractivity contribution in [2.24, 2.45) is 5.92 Å². The standard InChI is InChI=1S/C16H20F4O3/c1-2-3-12-9-21-15(22-10-12)7-5-11-4-6-14(13(17)8-11)23-16(18,19)20/h4,6,8,12,15H,2-3,5,7,9-10H2,1H3. The summed E-state index contributed by atoms with van der Waals surface area (Å²) in [6.07, 6.45) is -2.14. The maximum atomic E-state index is 13.6. The summed E-state index contributed by atoms with van der Waals surface area (Å²) >= 11 is 0. The fraction of sp³-hybridized carbons (Fsp3) is 0.625. The molecule has 7 heteroatoms. The lowest BCUT2D eigenvalue weighted by molar-refractivity contribution is -0.275. The predicted octanol–water partition coefficient (Wildman–Crippen LogP) is 4.45. The zero-order chi connectivity index (χ0) is 16.9. The van der Waals surface area contributed by atoms with Gasteiger partial charge in [-0.3, -0.25) is 0 Å². The second kappa shape index (κ2) is 7.97. The molecular weight excluding hydrogens is 316 g/mol. The third-order valence-corrected chi connectivity index (χ3v) is 3.62. The number of ether oxygens (including phenoxy) is 3. The minimum absolute atomic E-state index is 0.350. The Hall–Kier alpha value is -1.34. The van der Waals surface area contributed by atoms with Crippen LogP contribution in [0.1, 0.15) is 31.7 Å². The van der Waals surface area contributed by atoms with E-state index in [9.17, 15) is 17.6 Å². The van der Waals surface area contributed by atoms with Crippen LogP contribution in [0.25, 0.3) is 0 Å². The molecule has 23 heavy (non-hydrogen) atoms. The smallest absolute Gasteiger partial charge is 0.403 e. The number of hydrogen-bond donors (Lipinski definition) is 0. The third kappa shape index (κ3) is 5.99. The van der Waals surface area contributed by atoms with Crippen LogP contribution in [-0.2, 0) is 15.9 Å². The molecule has 3 nitrogen and oxygen atoms in total. The highest BCUT2D eigenvalue weighted by molar-refractivity contribution is 5.29. The maximum Gasteiger partial charge on any atom is 0.573 e. The Bertz CT molecular complexity index is 497. The first kappa shape index (κ1) is 18.0. The zero-order valence-electron chi connectivity index (χ0n) is 12.9. The van der Waals surface area contributed by atoms with Crippen molar-refractivity contribution in [1.29, 1.82) is 0 Å². The summed E-state index contributed by atoms with van der Waals surface area (Å²) in [5, 5.41) is 0. The van der Waals surface area contributed by atoms with Gasteiger partial charge in [0.1, 0.15) is 0 Å². The molecule has 1 aromatic carbocycles. The predicted molar refractivity (Wildman–Crippen MR) is 75.5 cm³/mol. The lowest BCUT2D eigenvalue weighted by atomic mass is 10.0. The van der Waals surface area contributed by atoms with Gasteiger partial charge >= 0.3 is 6.36 Å². The van der Waals surface area contributed by atoms with Gasteiger partial charge in [0, 0.05) is 12.3 Å². The summed E-state index contributed by atoms with van der Waals surface area (Å²) < 4.78 is 64.6. The van der Waals surface area contributed by atoms with Crippen molar-refractivity contribution in [2.45, 2.75) is 45.3 Å². The summed E-state index contributed by atoms with van der Waals surface area (Å²) in [5.41, 5.74) is 0.569. The van der Waals surface area contributed by atoms with Gasteiger partial charge in [0.15, 0.2) is 17.9 Å². The minimum Gasteiger partial charge on any atom is -0.403 e. The molecule has 1 saturated heterocycles. The molecule has 0 atom stereocenters. The fourth-order valence-electron chi connectivity index (χ4n) is 2.52. The molecule has 0 bridgehead atoms. The number of benzene rings is 1. The van der Waals surface area contributed by atoms with Crippen LogP contribution < -0.4 is 4.74 Å². The molecule has 0 saturated carbocycles. The Morgan fingerprint density at radius 2 is 1.87 bits per heavy atom. The van der Waals surface area contributed by atoms with Crippen LogP contribution in [0.2, 0.25) is 0 Å². The van der Waals surface area contributed by atoms with Gasteiger partial charge in [-0.1, -0.05) is 19.4 Å². The lowest BCUT2D eigenvalue weighted by Crippen LogP contribution is -2.32. The van der Waals surface area contributed by atoms with Crippen LogP contribution in [0.15, 0.2) is 18.2 Å². The van der Waals surface area contributed by atoms with Gasteiger partial charge in [0.05, 0.1) is 13.2 Å². The van der Waals surface area contributed by atoms with Gasteiger partial charge in [-0.05, 0) is 30.5 Å². The van der Waals surface area contributed by atoms with Crippen molar-refractivity contribution < 1.29 is 31.8 Å². The molecule has 0 amide bonds. The summed E-state index contributed by atoms with van der Waals surface area (Å²) in [5.74, 6) is -1.45. The second-order valence-electron chi connectivity index (χ2n) is 5.60. The number of alkyl halides is 3. The molecule has 0 aliphatic carbocycles. The molecule has 0 aromatic heterocycles. The zero-order valence-corrected chi connectivity index (χ0v) is 12.9. The van der Waals surface area contributed by atoms with E-state index in [0.717, 1.165) is 25.0 Å². The van der Waals surface area contributed by atoms with Crippen LogP contribution in [0.4, 0.5) is 17.6 Å². The van der Waals surface area contributed by atoms with Crippen molar-refractivity contribution in [1.82, 2.24) is 0 Å². The SMILES string of the molecule is CCCC1COC(CCc2ccc(OC(F)(F)F)c(F)c2)OC1. The van der Waals surface area contributed by atoms with E-state index in [1.807, 2.05) is 0 Å². The first-order chi connectivity index (χ1) is 10.9. The molecule has 130 valence electrons. The maximum absolute atomic E-state index is 13.6. The van der Waals surface area contributed by atoms with Crippen molar-refractivity contribution in [2.75, 3.05) is 13.2 Å². The average Bonchev–Trinajstić information content (AvgIpc) is 2.48. The van der Waals surface area contributed by atoms with Crippen LogP contribution in [0.5, 0.6) is 5.75 Å². The van der Waals surface area contributed by atoms with Crippen LogP contribution in [0.3, 0.4) is 0 Å². The highest BCUT2D eigenvalue weighted by Crippen LogP contribution is 2.27. The number of hydrogen-bond acceptors (Lipinski definition) is 3. The van der Waals surface area contributed by atoms with E-state index >= 15 is 0 Å². The molecule has 0 spiro atoms. The molecule has 2 rings (SSSR count). The van der Waals surface area contributed by atoms with Crippen LogP contribution >= 0.6 is 0 Å². The lowest BCUT2D eigenvalue weighted by Gasteiger charge is -2.29. The molecule has 0 unspecified atom stereocenters. The quantitative estimate of drug-likeness (QED) is 0.719. The summed E-state index contributed by atoms with van der Waals surface area (Å²) in [6.45, 7) is 3.39. The highest BCUT2D eigenvalue weighted by atomic mass is 19.4. The van der Waals surface area contributed by atoms with Gasteiger partial charge < -0.3 is 14.2 Å². The summed E-state index contributed by atoms with van der Waals surface area (Å²) in [4.78, 5) is 0. The van der Waals surface area contributed by atoms with Gasteiger partial charge in [-0.2, -0.15) is 0 Å². The Labute approximate surface area is 132 Å². The topological polar surface area (TPSA) is 27.7 Å². The van der Waals surface area contributed by atoms with E-state index in [-0.39, 0.29) is 6.29 Å². The monoisotopic (exact) mass is 336 g/mol. The Morgan fingerprint density at radius 1 is 1.17 bits per heavy atom. The fourth-order valence-corrected chi connectivity index (χ4v) is 2.52. The molecule has 1 aliphatic rings. The van der Waals surface area contributed by atoms with E-state index in [4.69, 9.17) is 9.47 Å². The van der Waals surface area contributed by atoms with E-state index in [2.05, 4.69) is 11.7 Å². The third-order valence-electron chi connectivity index (χ3n) is 3.62. The van der Waals surface area contributed by atoms with Crippen LogP contribution in [-0.4, -0.2) is 25.9 Å².